The quantitative estimate of drug-likeness (QED) is 0.252. The number of benzene rings is 2. The van der Waals surface area contributed by atoms with Gasteiger partial charge in [-0.25, -0.2) is 32.1 Å². The monoisotopic (exact) mass is 489 g/mol. The number of hydrogen-bond acceptors (Lipinski definition) is 9. The van der Waals surface area contributed by atoms with E-state index in [-0.39, 0.29) is 23.3 Å². The average molecular weight is 490 g/mol. The number of primary sulfonamides is 2. The third kappa shape index (κ3) is 3.59. The summed E-state index contributed by atoms with van der Waals surface area (Å²) in [5.41, 5.74) is 8.56. The van der Waals surface area contributed by atoms with Gasteiger partial charge >= 0.3 is 0 Å². The lowest BCUT2D eigenvalue weighted by Gasteiger charge is -2.35. The Morgan fingerprint density at radius 3 is 2.39 bits per heavy atom. The first-order valence-electron chi connectivity index (χ1n) is 9.74. The summed E-state index contributed by atoms with van der Waals surface area (Å²) in [5.74, 6) is -0.318. The van der Waals surface area contributed by atoms with Crippen molar-refractivity contribution < 1.29 is 16.8 Å². The van der Waals surface area contributed by atoms with Gasteiger partial charge in [0.1, 0.15) is 9.79 Å². The first kappa shape index (κ1) is 21.6. The molecular formula is C18H19N9O4S2. The second-order valence-electron chi connectivity index (χ2n) is 7.90. The molecule has 1 fully saturated rings. The molecule has 5 rings (SSSR count). The molecule has 33 heavy (non-hydrogen) atoms. The highest BCUT2D eigenvalue weighted by molar-refractivity contribution is 7.92. The van der Waals surface area contributed by atoms with Gasteiger partial charge in [-0.3, -0.25) is 0 Å². The predicted molar refractivity (Wildman–Crippen MR) is 117 cm³/mol. The Bertz CT molecular complexity index is 1590. The Morgan fingerprint density at radius 1 is 1.03 bits per heavy atom. The number of aromatic nitrogens is 6. The highest BCUT2D eigenvalue weighted by atomic mass is 32.2. The minimum absolute atomic E-state index is 0.0755. The van der Waals surface area contributed by atoms with E-state index in [9.17, 15) is 16.8 Å². The maximum absolute atomic E-state index is 12.8. The van der Waals surface area contributed by atoms with Crippen molar-refractivity contribution in [1.82, 2.24) is 30.6 Å². The number of rotatable bonds is 5. The molecule has 0 bridgehead atoms. The Hall–Kier alpha value is -3.24. The van der Waals surface area contributed by atoms with Gasteiger partial charge in [0, 0.05) is 11.6 Å². The van der Waals surface area contributed by atoms with Gasteiger partial charge < -0.3 is 10.7 Å². The molecule has 13 nitrogen and oxygen atoms in total. The first-order valence-corrected chi connectivity index (χ1v) is 12.8. The zero-order chi connectivity index (χ0) is 23.5. The fourth-order valence-electron chi connectivity index (χ4n) is 4.33. The molecule has 2 heterocycles. The summed E-state index contributed by atoms with van der Waals surface area (Å²) in [4.78, 5) is 6.03. The van der Waals surface area contributed by atoms with Crippen LogP contribution in [0.15, 0.2) is 40.4 Å². The van der Waals surface area contributed by atoms with E-state index >= 15 is 0 Å². The van der Waals surface area contributed by atoms with Crippen LogP contribution in [0.4, 0.5) is 0 Å². The number of aromatic amines is 2. The van der Waals surface area contributed by atoms with Crippen molar-refractivity contribution in [2.24, 2.45) is 16.0 Å². The van der Waals surface area contributed by atoms with Crippen molar-refractivity contribution in [3.8, 4) is 22.5 Å². The molecule has 0 unspecified atom stereocenters. The molecule has 0 amide bonds. The topological polar surface area (TPSA) is 229 Å². The molecular weight excluding hydrogens is 470 g/mol. The molecule has 1 aliphatic carbocycles. The SMILES string of the molecule is NC1CC(c2cc(S(N)(=O)=O)c(S(N)(=O)=O)c(-c3nn[nH]n3)c2-c2cccc3[nH]cnc23)C1. The van der Waals surface area contributed by atoms with Gasteiger partial charge in [-0.15, -0.1) is 10.2 Å². The molecule has 15 heteroatoms. The minimum atomic E-state index is -4.62. The van der Waals surface area contributed by atoms with E-state index in [0.29, 0.717) is 40.6 Å². The number of sulfonamides is 2. The van der Waals surface area contributed by atoms with Crippen molar-refractivity contribution in [2.45, 2.75) is 34.6 Å². The molecule has 4 aromatic rings. The summed E-state index contributed by atoms with van der Waals surface area (Å²) in [6.07, 6.45) is 2.63. The Morgan fingerprint density at radius 2 is 1.79 bits per heavy atom. The summed E-state index contributed by atoms with van der Waals surface area (Å²) in [7, 11) is -9.13. The summed E-state index contributed by atoms with van der Waals surface area (Å²) in [5, 5.41) is 24.6. The number of hydrogen-bond donors (Lipinski definition) is 5. The Kier molecular flexibility index (Phi) is 4.84. The first-order chi connectivity index (χ1) is 15.6. The number of nitrogens with two attached hydrogens (primary N) is 3. The number of H-pyrrole nitrogens is 2. The zero-order valence-electron chi connectivity index (χ0n) is 16.9. The molecule has 172 valence electrons. The van der Waals surface area contributed by atoms with Crippen LogP contribution in [0.2, 0.25) is 0 Å². The van der Waals surface area contributed by atoms with Crippen LogP contribution in [0.5, 0.6) is 0 Å². The zero-order valence-corrected chi connectivity index (χ0v) is 18.6. The van der Waals surface area contributed by atoms with Crippen molar-refractivity contribution >= 4 is 31.1 Å². The molecule has 0 atom stereocenters. The number of imidazole rings is 1. The minimum Gasteiger partial charge on any atom is -0.345 e. The number of tetrazole rings is 1. The van der Waals surface area contributed by atoms with Crippen molar-refractivity contribution in [2.75, 3.05) is 0 Å². The number of nitrogens with zero attached hydrogens (tertiary/aromatic N) is 4. The van der Waals surface area contributed by atoms with Crippen LogP contribution >= 0.6 is 0 Å². The van der Waals surface area contributed by atoms with Crippen LogP contribution in [0, 0.1) is 0 Å². The van der Waals surface area contributed by atoms with Crippen LogP contribution in [0.3, 0.4) is 0 Å². The third-order valence-electron chi connectivity index (χ3n) is 5.77. The van der Waals surface area contributed by atoms with Crippen LogP contribution in [-0.2, 0) is 20.0 Å². The molecule has 1 saturated carbocycles. The third-order valence-corrected chi connectivity index (χ3v) is 7.83. The summed E-state index contributed by atoms with van der Waals surface area (Å²) < 4.78 is 50.6. The van der Waals surface area contributed by atoms with E-state index in [1.165, 1.54) is 12.4 Å². The molecule has 0 radical (unpaired) electrons. The lowest BCUT2D eigenvalue weighted by molar-refractivity contribution is 0.351. The van der Waals surface area contributed by atoms with Crippen molar-refractivity contribution in [3.63, 3.8) is 0 Å². The molecule has 8 N–H and O–H groups in total. The maximum Gasteiger partial charge on any atom is 0.240 e. The second-order valence-corrected chi connectivity index (χ2v) is 10.9. The average Bonchev–Trinajstić information content (AvgIpc) is 3.40. The molecule has 1 aliphatic rings. The lowest BCUT2D eigenvalue weighted by Crippen LogP contribution is -2.35. The van der Waals surface area contributed by atoms with E-state index in [0.717, 1.165) is 0 Å². The van der Waals surface area contributed by atoms with Gasteiger partial charge in [-0.05, 0) is 47.2 Å². The Balaban J connectivity index is 2.02. The molecule has 0 aliphatic heterocycles. The Labute approximate surface area is 187 Å². The van der Waals surface area contributed by atoms with Gasteiger partial charge in [0.15, 0.2) is 0 Å². The van der Waals surface area contributed by atoms with Crippen LogP contribution in [0.25, 0.3) is 33.5 Å². The lowest BCUT2D eigenvalue weighted by atomic mass is 9.73. The summed E-state index contributed by atoms with van der Waals surface area (Å²) >= 11 is 0. The van der Waals surface area contributed by atoms with Gasteiger partial charge in [-0.2, -0.15) is 5.21 Å². The fraction of sp³-hybridized carbons (Fsp3) is 0.222. The predicted octanol–water partition coefficient (Wildman–Crippen LogP) is -0.0905. The number of nitrogens with one attached hydrogen (secondary N) is 2. The van der Waals surface area contributed by atoms with Crippen LogP contribution in [-0.4, -0.2) is 53.5 Å². The van der Waals surface area contributed by atoms with Crippen LogP contribution < -0.4 is 16.0 Å². The van der Waals surface area contributed by atoms with E-state index in [1.54, 1.807) is 18.2 Å². The molecule has 0 saturated heterocycles. The second kappa shape index (κ2) is 7.39. The normalized spacial score (nSPS) is 19.0. The van der Waals surface area contributed by atoms with E-state index in [1.807, 2.05) is 0 Å². The molecule has 2 aromatic carbocycles. The van der Waals surface area contributed by atoms with E-state index in [4.69, 9.17) is 16.0 Å². The van der Waals surface area contributed by atoms with Crippen LogP contribution in [0.1, 0.15) is 24.3 Å². The van der Waals surface area contributed by atoms with Crippen molar-refractivity contribution in [3.05, 3.63) is 36.2 Å². The number of para-hydroxylation sites is 1. The van der Waals surface area contributed by atoms with Gasteiger partial charge in [-0.1, -0.05) is 12.1 Å². The van der Waals surface area contributed by atoms with Crippen molar-refractivity contribution in [1.29, 1.82) is 0 Å². The van der Waals surface area contributed by atoms with Gasteiger partial charge in [0.2, 0.25) is 25.9 Å². The standard InChI is InChI=1S/C18H19N9O4S2/c19-9-4-8(5-9)11-6-13(32(20,28)29)17(33(21,30)31)15(18-24-26-27-25-18)14(11)10-2-1-3-12-16(10)23-7-22-12/h1-3,6-9H,4-5,19H2,(H,22,23)(H2,20,28,29)(H2,21,30,31)(H,24,25,26,27). The molecule has 2 aromatic heterocycles. The largest absolute Gasteiger partial charge is 0.345 e. The summed E-state index contributed by atoms with van der Waals surface area (Å²) in [6, 6.07) is 6.49. The fourth-order valence-corrected chi connectivity index (χ4v) is 6.50. The highest BCUT2D eigenvalue weighted by Gasteiger charge is 2.38. The number of fused-ring (bicyclic) bond motifs is 1. The summed E-state index contributed by atoms with van der Waals surface area (Å²) in [6.45, 7) is 0. The van der Waals surface area contributed by atoms with E-state index < -0.39 is 29.8 Å². The van der Waals surface area contributed by atoms with E-state index in [2.05, 4.69) is 30.6 Å². The highest BCUT2D eigenvalue weighted by Crippen LogP contribution is 2.48. The van der Waals surface area contributed by atoms with Gasteiger partial charge in [0.05, 0.1) is 22.9 Å². The smallest absolute Gasteiger partial charge is 0.240 e. The van der Waals surface area contributed by atoms with Gasteiger partial charge in [0.25, 0.3) is 0 Å². The molecule has 0 spiro atoms. The maximum atomic E-state index is 12.8.